The first kappa shape index (κ1) is 13.2. The van der Waals surface area contributed by atoms with Crippen molar-refractivity contribution < 1.29 is 19.0 Å². The van der Waals surface area contributed by atoms with Crippen molar-refractivity contribution in [2.45, 2.75) is 6.61 Å². The van der Waals surface area contributed by atoms with Crippen molar-refractivity contribution >= 4 is 17.6 Å². The Morgan fingerprint density at radius 1 is 1.37 bits per heavy atom. The lowest BCUT2D eigenvalue weighted by atomic mass is 10.3. The number of carbonyl (C=O) groups is 1. The van der Waals surface area contributed by atoms with Crippen LogP contribution in [0.3, 0.4) is 0 Å². The van der Waals surface area contributed by atoms with Gasteiger partial charge in [0.25, 0.3) is 0 Å². The molecule has 0 aliphatic carbocycles. The van der Waals surface area contributed by atoms with Gasteiger partial charge in [0.2, 0.25) is 0 Å². The smallest absolute Gasteiger partial charge is 0.356 e. The average Bonchev–Trinajstić information content (AvgIpc) is 2.39. The molecule has 0 bridgehead atoms. The Labute approximate surface area is 112 Å². The number of rotatable bonds is 4. The molecule has 19 heavy (non-hydrogen) atoms. The zero-order chi connectivity index (χ0) is 13.8. The summed E-state index contributed by atoms with van der Waals surface area (Å²) in [5.74, 6) is -1.01. The van der Waals surface area contributed by atoms with Gasteiger partial charge in [0.05, 0.1) is 11.2 Å². The van der Waals surface area contributed by atoms with Gasteiger partial charge in [0.15, 0.2) is 11.5 Å². The van der Waals surface area contributed by atoms with Crippen molar-refractivity contribution in [3.8, 4) is 5.75 Å². The van der Waals surface area contributed by atoms with Gasteiger partial charge >= 0.3 is 5.97 Å². The Balaban J connectivity index is 2.09. The molecule has 0 amide bonds. The van der Waals surface area contributed by atoms with E-state index in [1.54, 1.807) is 0 Å². The Morgan fingerprint density at radius 2 is 2.05 bits per heavy atom. The van der Waals surface area contributed by atoms with Crippen molar-refractivity contribution in [1.82, 2.24) is 9.97 Å². The number of aromatic carboxylic acids is 1. The fraction of sp³-hybridized carbons (Fsp3) is 0.0833. The van der Waals surface area contributed by atoms with Crippen LogP contribution in [0.2, 0.25) is 5.02 Å². The first-order valence-electron chi connectivity index (χ1n) is 5.19. The fourth-order valence-electron chi connectivity index (χ4n) is 1.30. The Kier molecular flexibility index (Phi) is 3.91. The molecule has 5 nitrogen and oxygen atoms in total. The number of nitrogens with zero attached hydrogens (tertiary/aromatic N) is 2. The molecule has 0 radical (unpaired) electrons. The molecule has 98 valence electrons. The highest BCUT2D eigenvalue weighted by molar-refractivity contribution is 6.33. The van der Waals surface area contributed by atoms with Crippen LogP contribution >= 0.6 is 11.6 Å². The van der Waals surface area contributed by atoms with Crippen LogP contribution in [0.5, 0.6) is 5.75 Å². The zero-order valence-electron chi connectivity index (χ0n) is 9.51. The highest BCUT2D eigenvalue weighted by Crippen LogP contribution is 2.15. The molecule has 7 heteroatoms. The monoisotopic (exact) mass is 282 g/mol. The van der Waals surface area contributed by atoms with E-state index in [1.165, 1.54) is 30.5 Å². The second-order valence-corrected chi connectivity index (χ2v) is 3.94. The molecular formula is C12H8ClFN2O3. The van der Waals surface area contributed by atoms with E-state index >= 15 is 0 Å². The fourth-order valence-corrected chi connectivity index (χ4v) is 1.47. The largest absolute Gasteiger partial charge is 0.486 e. The third kappa shape index (κ3) is 3.38. The van der Waals surface area contributed by atoms with Crippen LogP contribution < -0.4 is 4.74 Å². The second-order valence-electron chi connectivity index (χ2n) is 3.53. The van der Waals surface area contributed by atoms with Crippen LogP contribution in [-0.2, 0) is 6.61 Å². The van der Waals surface area contributed by atoms with E-state index < -0.39 is 5.97 Å². The summed E-state index contributed by atoms with van der Waals surface area (Å²) in [6.45, 7) is -0.0386. The van der Waals surface area contributed by atoms with E-state index in [1.807, 2.05) is 0 Å². The lowest BCUT2D eigenvalue weighted by molar-refractivity contribution is 0.0689. The highest BCUT2D eigenvalue weighted by atomic mass is 35.5. The predicted molar refractivity (Wildman–Crippen MR) is 64.7 cm³/mol. The van der Waals surface area contributed by atoms with Gasteiger partial charge in [-0.1, -0.05) is 11.6 Å². The van der Waals surface area contributed by atoms with Crippen LogP contribution in [0.1, 0.15) is 16.3 Å². The predicted octanol–water partition coefficient (Wildman–Crippen LogP) is 2.55. The molecule has 1 heterocycles. The van der Waals surface area contributed by atoms with E-state index in [0.717, 1.165) is 0 Å². The van der Waals surface area contributed by atoms with Crippen molar-refractivity contribution in [2.75, 3.05) is 0 Å². The van der Waals surface area contributed by atoms with Crippen molar-refractivity contribution in [3.05, 3.63) is 52.8 Å². The number of carboxylic acids is 1. The third-order valence-electron chi connectivity index (χ3n) is 2.18. The Morgan fingerprint density at radius 3 is 2.68 bits per heavy atom. The lowest BCUT2D eigenvalue weighted by Crippen LogP contribution is -2.08. The van der Waals surface area contributed by atoms with Gasteiger partial charge in [-0.05, 0) is 24.3 Å². The minimum Gasteiger partial charge on any atom is -0.486 e. The molecule has 2 rings (SSSR count). The molecule has 0 spiro atoms. The zero-order valence-corrected chi connectivity index (χ0v) is 10.3. The molecule has 0 aliphatic rings. The maximum absolute atomic E-state index is 12.7. The average molecular weight is 283 g/mol. The topological polar surface area (TPSA) is 72.3 Å². The molecule has 1 aromatic heterocycles. The Bertz CT molecular complexity index is 604. The van der Waals surface area contributed by atoms with E-state index in [9.17, 15) is 9.18 Å². The SMILES string of the molecule is O=C(O)c1nc(COc2ccc(F)cc2)ncc1Cl. The molecule has 0 saturated heterocycles. The standard InChI is InChI=1S/C12H8ClFN2O3/c13-9-5-15-10(16-11(9)12(17)18)6-19-8-3-1-7(14)2-4-8/h1-5H,6H2,(H,17,18). The minimum absolute atomic E-state index is 0.0386. The number of ether oxygens (including phenoxy) is 1. The molecular weight excluding hydrogens is 275 g/mol. The van der Waals surface area contributed by atoms with Gasteiger partial charge in [-0.2, -0.15) is 0 Å². The van der Waals surface area contributed by atoms with E-state index in [4.69, 9.17) is 21.4 Å². The molecule has 1 N–H and O–H groups in total. The quantitative estimate of drug-likeness (QED) is 0.933. The molecule has 2 aromatic rings. The molecule has 0 saturated carbocycles. The third-order valence-corrected chi connectivity index (χ3v) is 2.45. The van der Waals surface area contributed by atoms with Crippen LogP contribution in [0.4, 0.5) is 4.39 Å². The van der Waals surface area contributed by atoms with E-state index in [-0.39, 0.29) is 29.0 Å². The summed E-state index contributed by atoms with van der Waals surface area (Å²) in [7, 11) is 0. The Hall–Kier alpha value is -2.21. The number of hydrogen-bond donors (Lipinski definition) is 1. The second kappa shape index (κ2) is 5.62. The van der Waals surface area contributed by atoms with Gasteiger partial charge in [-0.25, -0.2) is 19.2 Å². The summed E-state index contributed by atoms with van der Waals surface area (Å²) in [4.78, 5) is 18.4. The lowest BCUT2D eigenvalue weighted by Gasteiger charge is -2.06. The maximum Gasteiger partial charge on any atom is 0.356 e. The summed E-state index contributed by atoms with van der Waals surface area (Å²) in [5, 5.41) is 8.81. The molecule has 0 fully saturated rings. The number of halogens is 2. The van der Waals surface area contributed by atoms with Gasteiger partial charge in [-0.15, -0.1) is 0 Å². The van der Waals surface area contributed by atoms with Crippen molar-refractivity contribution in [2.24, 2.45) is 0 Å². The first-order valence-corrected chi connectivity index (χ1v) is 5.57. The van der Waals surface area contributed by atoms with E-state index in [2.05, 4.69) is 9.97 Å². The van der Waals surface area contributed by atoms with Gasteiger partial charge in [0.1, 0.15) is 18.2 Å². The highest BCUT2D eigenvalue weighted by Gasteiger charge is 2.12. The number of carboxylic acid groups (broad SMARTS) is 1. The summed E-state index contributed by atoms with van der Waals surface area (Å²) >= 11 is 5.64. The van der Waals surface area contributed by atoms with Crippen LogP contribution in [0.15, 0.2) is 30.5 Å². The van der Waals surface area contributed by atoms with Gasteiger partial charge < -0.3 is 9.84 Å². The number of aromatic nitrogens is 2. The normalized spacial score (nSPS) is 10.2. The molecule has 0 aliphatic heterocycles. The molecule has 0 atom stereocenters. The number of hydrogen-bond acceptors (Lipinski definition) is 4. The van der Waals surface area contributed by atoms with Crippen LogP contribution in [0.25, 0.3) is 0 Å². The van der Waals surface area contributed by atoms with Crippen LogP contribution in [-0.4, -0.2) is 21.0 Å². The maximum atomic E-state index is 12.7. The number of benzene rings is 1. The van der Waals surface area contributed by atoms with Gasteiger partial charge in [0, 0.05) is 0 Å². The van der Waals surface area contributed by atoms with E-state index in [0.29, 0.717) is 5.75 Å². The minimum atomic E-state index is -1.24. The molecule has 0 unspecified atom stereocenters. The first-order chi connectivity index (χ1) is 9.06. The van der Waals surface area contributed by atoms with Crippen molar-refractivity contribution in [1.29, 1.82) is 0 Å². The summed E-state index contributed by atoms with van der Waals surface area (Å²) in [5.41, 5.74) is -0.283. The summed E-state index contributed by atoms with van der Waals surface area (Å²) in [6.07, 6.45) is 1.20. The molecule has 1 aromatic carbocycles. The summed E-state index contributed by atoms with van der Waals surface area (Å²) < 4.78 is 18.0. The van der Waals surface area contributed by atoms with Crippen LogP contribution in [0, 0.1) is 5.82 Å². The van der Waals surface area contributed by atoms with Crippen molar-refractivity contribution in [3.63, 3.8) is 0 Å². The van der Waals surface area contributed by atoms with Gasteiger partial charge in [-0.3, -0.25) is 0 Å². The summed E-state index contributed by atoms with van der Waals surface area (Å²) in [6, 6.07) is 5.40.